The lowest BCUT2D eigenvalue weighted by molar-refractivity contribution is -0.106. The summed E-state index contributed by atoms with van der Waals surface area (Å²) in [6, 6.07) is 3.54. The number of nitrogens with zero attached hydrogens (tertiary/aromatic N) is 5. The molecule has 1 N–H and O–H groups in total. The number of benzene rings is 1. The molecule has 0 fully saturated rings. The molecule has 40 heavy (non-hydrogen) atoms. The minimum absolute atomic E-state index is 0.0170. The van der Waals surface area contributed by atoms with Gasteiger partial charge in [-0.15, -0.1) is 20.4 Å². The van der Waals surface area contributed by atoms with Crippen LogP contribution in [0.4, 0.5) is 35.4 Å². The number of carbonyl (C=O) groups excluding carboxylic acids is 1. The van der Waals surface area contributed by atoms with E-state index in [9.17, 15) is 26.4 Å². The molecule has 2 aromatic rings. The van der Waals surface area contributed by atoms with Crippen molar-refractivity contribution in [2.75, 3.05) is 35.7 Å². The number of aromatic nitrogens is 2. The Labute approximate surface area is 235 Å². The van der Waals surface area contributed by atoms with E-state index < -0.39 is 27.9 Å². The van der Waals surface area contributed by atoms with Crippen LogP contribution in [0.15, 0.2) is 22.4 Å². The van der Waals surface area contributed by atoms with E-state index in [0.29, 0.717) is 6.42 Å². The number of hydrogen-bond donors (Lipinski definition) is 1. The van der Waals surface area contributed by atoms with Gasteiger partial charge in [-0.3, -0.25) is 4.72 Å². The number of aryl methyl sites for hydroxylation is 1. The van der Waals surface area contributed by atoms with Crippen molar-refractivity contribution in [3.8, 4) is 0 Å². The number of halogens is 3. The molecule has 1 aliphatic heterocycles. The second-order valence-electron chi connectivity index (χ2n) is 9.17. The van der Waals surface area contributed by atoms with Gasteiger partial charge in [0.15, 0.2) is 5.75 Å². The van der Waals surface area contributed by atoms with Crippen LogP contribution in [-0.2, 0) is 25.9 Å². The van der Waals surface area contributed by atoms with Gasteiger partial charge in [-0.25, -0.2) is 13.2 Å². The third-order valence-corrected chi connectivity index (χ3v) is 8.42. The first kappa shape index (κ1) is 31.7. The van der Waals surface area contributed by atoms with Crippen LogP contribution < -0.4 is 9.62 Å². The molecular weight excluding hydrogens is 573 g/mol. The summed E-state index contributed by atoms with van der Waals surface area (Å²) in [5.74, 6) is -2.77. The van der Waals surface area contributed by atoms with Gasteiger partial charge >= 0.3 is 12.1 Å². The van der Waals surface area contributed by atoms with Crippen molar-refractivity contribution in [3.05, 3.63) is 22.7 Å². The van der Waals surface area contributed by atoms with Gasteiger partial charge in [0.05, 0.1) is 12.3 Å². The average molecular weight is 607 g/mol. The maximum atomic E-state index is 13.0. The smallest absolute Gasteiger partial charge is 0.404 e. The van der Waals surface area contributed by atoms with E-state index >= 15 is 0 Å². The van der Waals surface area contributed by atoms with Crippen molar-refractivity contribution < 1.29 is 35.9 Å². The Hall–Kier alpha value is -2.85. The molecule has 1 aromatic carbocycles. The highest BCUT2D eigenvalue weighted by Gasteiger charge is 2.36. The fourth-order valence-electron chi connectivity index (χ4n) is 4.59. The summed E-state index contributed by atoms with van der Waals surface area (Å²) in [6.45, 7) is 6.43. The van der Waals surface area contributed by atoms with E-state index in [0.717, 1.165) is 48.3 Å². The Morgan fingerprint density at radius 3 is 2.55 bits per heavy atom. The number of esters is 1. The highest BCUT2D eigenvalue weighted by molar-refractivity contribution is 7.92. The standard InChI is InChI=1S/C24H33F3N6O5S2/c1-5-16(6-2)33-17(7-3)9-8-15-12-18(19(13-20(15)33)32-40(35,36)14-24(25,26)27)28-30-23-31-29-21(39-23)22(34)38-11-10-37-4/h12-13,16-17,32H,5-11,14H2,1-4H3. The van der Waals surface area contributed by atoms with Gasteiger partial charge < -0.3 is 14.4 Å². The fourth-order valence-corrected chi connectivity index (χ4v) is 6.16. The number of alkyl halides is 3. The Bertz CT molecular complexity index is 1300. The molecule has 0 radical (unpaired) electrons. The first-order chi connectivity index (χ1) is 18.9. The molecule has 0 aliphatic carbocycles. The van der Waals surface area contributed by atoms with E-state index in [-0.39, 0.29) is 46.8 Å². The first-order valence-corrected chi connectivity index (χ1v) is 15.3. The Balaban J connectivity index is 2.02. The highest BCUT2D eigenvalue weighted by Crippen LogP contribution is 2.42. The zero-order valence-electron chi connectivity index (χ0n) is 22.7. The molecule has 2 heterocycles. The van der Waals surface area contributed by atoms with E-state index in [1.54, 1.807) is 6.07 Å². The van der Waals surface area contributed by atoms with E-state index in [1.165, 1.54) is 13.2 Å². The largest absolute Gasteiger partial charge is 0.458 e. The SMILES string of the molecule is CCC(CC)N1c2cc(NS(=O)(=O)CC(F)(F)F)c(N=Nc3nnc(C(=O)OCCOC)s3)cc2CCC1CC. The van der Waals surface area contributed by atoms with Crippen LogP contribution >= 0.6 is 11.3 Å². The molecule has 0 bridgehead atoms. The zero-order valence-corrected chi connectivity index (χ0v) is 24.3. The number of sulfonamides is 1. The Kier molecular flexibility index (Phi) is 10.8. The first-order valence-electron chi connectivity index (χ1n) is 12.8. The van der Waals surface area contributed by atoms with Crippen molar-refractivity contribution in [2.24, 2.45) is 10.2 Å². The molecule has 1 aromatic heterocycles. The van der Waals surface area contributed by atoms with Gasteiger partial charge in [0.1, 0.15) is 12.3 Å². The number of anilines is 2. The second-order valence-corrected chi connectivity index (χ2v) is 11.8. The molecule has 1 unspecified atom stereocenters. The summed E-state index contributed by atoms with van der Waals surface area (Å²) in [7, 11) is -3.34. The van der Waals surface area contributed by atoms with Crippen LogP contribution in [0.2, 0.25) is 0 Å². The summed E-state index contributed by atoms with van der Waals surface area (Å²) in [4.78, 5) is 14.3. The number of ether oxygens (including phenoxy) is 2. The minimum Gasteiger partial charge on any atom is -0.458 e. The lowest BCUT2D eigenvalue weighted by Gasteiger charge is -2.44. The van der Waals surface area contributed by atoms with Crippen LogP contribution in [0.3, 0.4) is 0 Å². The molecule has 222 valence electrons. The molecule has 0 saturated carbocycles. The van der Waals surface area contributed by atoms with Crippen LogP contribution in [0.25, 0.3) is 0 Å². The summed E-state index contributed by atoms with van der Waals surface area (Å²) in [6.07, 6.45) is -0.844. The fraction of sp³-hybridized carbons (Fsp3) is 0.625. The third-order valence-electron chi connectivity index (χ3n) is 6.39. The topological polar surface area (TPSA) is 135 Å². The molecule has 11 nitrogen and oxygen atoms in total. The zero-order chi connectivity index (χ0) is 29.5. The van der Waals surface area contributed by atoms with Gasteiger partial charge in [-0.1, -0.05) is 32.1 Å². The van der Waals surface area contributed by atoms with Crippen molar-refractivity contribution in [1.82, 2.24) is 10.2 Å². The van der Waals surface area contributed by atoms with Crippen LogP contribution in [-0.4, -0.2) is 68.9 Å². The number of carbonyl (C=O) groups is 1. The second kappa shape index (κ2) is 13.7. The van der Waals surface area contributed by atoms with E-state index in [4.69, 9.17) is 9.47 Å². The predicted molar refractivity (Wildman–Crippen MR) is 145 cm³/mol. The van der Waals surface area contributed by atoms with Gasteiger partial charge in [-0.2, -0.15) is 13.2 Å². The molecule has 1 atom stereocenters. The Morgan fingerprint density at radius 1 is 1.20 bits per heavy atom. The lowest BCUT2D eigenvalue weighted by atomic mass is 9.90. The molecule has 3 rings (SSSR count). The number of nitrogens with one attached hydrogen (secondary N) is 1. The minimum atomic E-state index is -4.93. The maximum absolute atomic E-state index is 13.0. The van der Waals surface area contributed by atoms with Crippen molar-refractivity contribution in [2.45, 2.75) is 71.1 Å². The van der Waals surface area contributed by atoms with Gasteiger partial charge in [0.25, 0.3) is 5.13 Å². The summed E-state index contributed by atoms with van der Waals surface area (Å²) in [5, 5.41) is 15.5. The van der Waals surface area contributed by atoms with Crippen molar-refractivity contribution >= 4 is 49.5 Å². The number of methoxy groups -OCH3 is 1. The molecule has 0 saturated heterocycles. The van der Waals surface area contributed by atoms with Gasteiger partial charge in [0, 0.05) is 24.9 Å². The van der Waals surface area contributed by atoms with Gasteiger partial charge in [-0.05, 0) is 49.8 Å². The Morgan fingerprint density at radius 2 is 1.93 bits per heavy atom. The van der Waals surface area contributed by atoms with Crippen LogP contribution in [0, 0.1) is 0 Å². The number of rotatable bonds is 13. The molecule has 16 heteroatoms. The van der Waals surface area contributed by atoms with Crippen LogP contribution in [0.1, 0.15) is 61.8 Å². The average Bonchev–Trinajstić information content (AvgIpc) is 3.36. The van der Waals surface area contributed by atoms with Crippen molar-refractivity contribution in [3.63, 3.8) is 0 Å². The lowest BCUT2D eigenvalue weighted by Crippen LogP contribution is -2.45. The quantitative estimate of drug-likeness (QED) is 0.172. The number of hydrogen-bond acceptors (Lipinski definition) is 11. The monoisotopic (exact) mass is 606 g/mol. The van der Waals surface area contributed by atoms with Crippen molar-refractivity contribution in [1.29, 1.82) is 0 Å². The molecule has 0 amide bonds. The highest BCUT2D eigenvalue weighted by atomic mass is 32.2. The molecular formula is C24H33F3N6O5S2. The van der Waals surface area contributed by atoms with Crippen LogP contribution in [0.5, 0.6) is 0 Å². The van der Waals surface area contributed by atoms with Gasteiger partial charge in [0.2, 0.25) is 15.0 Å². The molecule has 1 aliphatic rings. The summed E-state index contributed by atoms with van der Waals surface area (Å²) >= 11 is 0.794. The normalized spacial score (nSPS) is 16.0. The summed E-state index contributed by atoms with van der Waals surface area (Å²) < 4.78 is 75.7. The van der Waals surface area contributed by atoms with E-state index in [1.807, 2.05) is 0 Å². The third kappa shape index (κ3) is 8.33. The van der Waals surface area contributed by atoms with E-state index in [2.05, 4.69) is 50.8 Å². The summed E-state index contributed by atoms with van der Waals surface area (Å²) in [5.41, 5.74) is 1.52. The molecule has 0 spiro atoms. The number of azo groups is 1. The maximum Gasteiger partial charge on any atom is 0.404 e. The number of fused-ring (bicyclic) bond motifs is 1. The predicted octanol–water partition coefficient (Wildman–Crippen LogP) is 5.78.